The van der Waals surface area contributed by atoms with Gasteiger partial charge in [-0.15, -0.1) is 0 Å². The van der Waals surface area contributed by atoms with E-state index >= 15 is 0 Å². The Kier molecular flexibility index (Phi) is 5.33. The van der Waals surface area contributed by atoms with Gasteiger partial charge in [-0.25, -0.2) is 9.78 Å². The lowest BCUT2D eigenvalue weighted by Crippen LogP contribution is -2.12. The quantitative estimate of drug-likeness (QED) is 0.544. The summed E-state index contributed by atoms with van der Waals surface area (Å²) in [7, 11) is -2.70. The summed E-state index contributed by atoms with van der Waals surface area (Å²) in [5.74, 6) is -0.333. The largest absolute Gasteiger partial charge is 0.363 e. The lowest BCUT2D eigenvalue weighted by atomic mass is 10.6. The highest BCUT2D eigenvalue weighted by Crippen LogP contribution is 1.82. The normalized spacial score (nSPS) is 8.27. The summed E-state index contributed by atoms with van der Waals surface area (Å²) in [5, 5.41) is 0. The maximum atomic E-state index is 10.2. The minimum atomic E-state index is -2.70. The van der Waals surface area contributed by atoms with Crippen LogP contribution >= 0.6 is 0 Å². The number of carbonyl (C=O) groups excluding carboxylic acids is 2. The van der Waals surface area contributed by atoms with Crippen LogP contribution < -0.4 is 11.5 Å². The minimum absolute atomic E-state index is 0.199. The van der Waals surface area contributed by atoms with Crippen LogP contribution in [0.5, 0.6) is 0 Å². The van der Waals surface area contributed by atoms with Crippen molar-refractivity contribution in [3.63, 3.8) is 0 Å². The van der Waals surface area contributed by atoms with Crippen LogP contribution in [0.15, 0.2) is 16.8 Å². The van der Waals surface area contributed by atoms with Gasteiger partial charge < -0.3 is 16.5 Å². The van der Waals surface area contributed by atoms with E-state index in [0.717, 1.165) is 0 Å². The number of amides is 3. The molecular formula is C5H7N5O4S. The maximum Gasteiger partial charge on any atom is 0.353 e. The number of imidazole rings is 1. The predicted octanol–water partition coefficient (Wildman–Crippen LogP) is -1.36. The van der Waals surface area contributed by atoms with E-state index in [0.29, 0.717) is 0 Å². The molecule has 0 aliphatic heterocycles. The van der Waals surface area contributed by atoms with E-state index in [-0.39, 0.29) is 5.82 Å². The number of aromatic amines is 1. The number of urea groups is 1. The van der Waals surface area contributed by atoms with Crippen LogP contribution in [0.2, 0.25) is 0 Å². The van der Waals surface area contributed by atoms with Gasteiger partial charge in [-0.1, -0.05) is 4.36 Å². The van der Waals surface area contributed by atoms with Crippen LogP contribution in [0.4, 0.5) is 4.79 Å². The van der Waals surface area contributed by atoms with Gasteiger partial charge in [0, 0.05) is 12.4 Å². The molecule has 0 atom stereocenters. The number of nitrogens with two attached hydrogens (primary N) is 2. The molecular weight excluding hydrogens is 226 g/mol. The molecule has 3 amide bonds. The molecule has 0 aliphatic carbocycles. The van der Waals surface area contributed by atoms with Crippen LogP contribution in [0, 0.1) is 0 Å². The van der Waals surface area contributed by atoms with Gasteiger partial charge in [-0.05, 0) is 0 Å². The van der Waals surface area contributed by atoms with Gasteiger partial charge in [0.1, 0.15) is 0 Å². The second-order valence-corrected chi connectivity index (χ2v) is 2.57. The summed E-state index contributed by atoms with van der Waals surface area (Å²) < 4.78 is 21.0. The second-order valence-electron chi connectivity index (χ2n) is 1.95. The molecule has 15 heavy (non-hydrogen) atoms. The predicted molar refractivity (Wildman–Crippen MR) is 48.0 cm³/mol. The molecule has 82 valence electrons. The van der Waals surface area contributed by atoms with E-state index in [1.54, 1.807) is 6.20 Å². The number of primary amides is 2. The standard InChI is InChI=1S/C4H5N3O.CH2N2O3S/c5-3(8)4-6-1-2-7-4;2-1(4)3-7(5)6/h1-2H,(H2,5,8)(H,6,7);(H2,2,4). The molecule has 0 aliphatic rings. The third kappa shape index (κ3) is 6.89. The molecule has 0 unspecified atom stereocenters. The van der Waals surface area contributed by atoms with Crippen molar-refractivity contribution in [3.8, 4) is 0 Å². The second kappa shape index (κ2) is 6.26. The summed E-state index contributed by atoms with van der Waals surface area (Å²) >= 11 is 0. The van der Waals surface area contributed by atoms with Crippen molar-refractivity contribution < 1.29 is 18.0 Å². The average molecular weight is 233 g/mol. The van der Waals surface area contributed by atoms with Crippen molar-refractivity contribution in [1.82, 2.24) is 9.97 Å². The fourth-order valence-electron chi connectivity index (χ4n) is 0.473. The lowest BCUT2D eigenvalue weighted by molar-refractivity contribution is 0.0991. The van der Waals surface area contributed by atoms with Crippen LogP contribution in [-0.2, 0) is 10.5 Å². The number of carbonyl (C=O) groups is 2. The first-order chi connectivity index (χ1) is 6.93. The molecule has 9 nitrogen and oxygen atoms in total. The summed E-state index contributed by atoms with van der Waals surface area (Å²) in [4.78, 5) is 25.8. The Hall–Kier alpha value is -2.23. The Morgan fingerprint density at radius 3 is 2.13 bits per heavy atom. The van der Waals surface area contributed by atoms with Gasteiger partial charge in [0.25, 0.3) is 5.91 Å². The highest BCUT2D eigenvalue weighted by molar-refractivity contribution is 7.62. The molecule has 0 saturated heterocycles. The first-order valence-electron chi connectivity index (χ1n) is 3.33. The van der Waals surface area contributed by atoms with E-state index in [1.807, 2.05) is 0 Å². The Balaban J connectivity index is 0.000000265. The SMILES string of the molecule is NC(=O)N=S(=O)=O.NC(=O)c1ncc[nH]1. The van der Waals surface area contributed by atoms with Crippen molar-refractivity contribution >= 4 is 22.4 Å². The molecule has 1 heterocycles. The Morgan fingerprint density at radius 2 is 2.00 bits per heavy atom. The highest BCUT2D eigenvalue weighted by Gasteiger charge is 1.97. The summed E-state index contributed by atoms with van der Waals surface area (Å²) in [6.07, 6.45) is 3.01. The van der Waals surface area contributed by atoms with Gasteiger partial charge in [0.05, 0.1) is 0 Å². The third-order valence-electron chi connectivity index (χ3n) is 0.896. The summed E-state index contributed by atoms with van der Waals surface area (Å²) in [5.41, 5.74) is 9.12. The van der Waals surface area contributed by atoms with Gasteiger partial charge in [-0.2, -0.15) is 8.42 Å². The van der Waals surface area contributed by atoms with Crippen molar-refractivity contribution in [1.29, 1.82) is 0 Å². The van der Waals surface area contributed by atoms with E-state index in [2.05, 4.69) is 20.1 Å². The zero-order valence-electron chi connectivity index (χ0n) is 7.25. The fourth-order valence-corrected chi connectivity index (χ4v) is 0.620. The van der Waals surface area contributed by atoms with Gasteiger partial charge in [0.2, 0.25) is 0 Å². The third-order valence-corrected chi connectivity index (χ3v) is 1.23. The maximum absolute atomic E-state index is 10.2. The molecule has 1 aromatic rings. The Labute approximate surface area is 85.2 Å². The molecule has 0 radical (unpaired) electrons. The number of H-pyrrole nitrogens is 1. The fraction of sp³-hybridized carbons (Fsp3) is 0. The average Bonchev–Trinajstić information content (AvgIpc) is 2.52. The Bertz CT molecular complexity index is 454. The van der Waals surface area contributed by atoms with Gasteiger partial charge in [0.15, 0.2) is 5.82 Å². The number of nitrogens with zero attached hydrogens (tertiary/aromatic N) is 2. The summed E-state index contributed by atoms with van der Waals surface area (Å²) in [6.45, 7) is 0. The zero-order valence-corrected chi connectivity index (χ0v) is 8.06. The van der Waals surface area contributed by atoms with Crippen LogP contribution in [0.1, 0.15) is 10.6 Å². The van der Waals surface area contributed by atoms with Crippen LogP contribution in [0.3, 0.4) is 0 Å². The monoisotopic (exact) mass is 233 g/mol. The molecule has 0 bridgehead atoms. The Morgan fingerprint density at radius 1 is 1.40 bits per heavy atom. The van der Waals surface area contributed by atoms with E-state index in [9.17, 15) is 18.0 Å². The van der Waals surface area contributed by atoms with Gasteiger partial charge in [-0.3, -0.25) is 4.79 Å². The number of rotatable bonds is 1. The highest BCUT2D eigenvalue weighted by atomic mass is 32.2. The van der Waals surface area contributed by atoms with Crippen molar-refractivity contribution in [2.75, 3.05) is 0 Å². The molecule has 5 N–H and O–H groups in total. The number of nitrogens with one attached hydrogen (secondary N) is 1. The zero-order chi connectivity index (χ0) is 11.8. The molecule has 0 saturated carbocycles. The molecule has 1 rings (SSSR count). The topological polar surface area (TPSA) is 161 Å². The van der Waals surface area contributed by atoms with Crippen LogP contribution in [-0.4, -0.2) is 30.3 Å². The minimum Gasteiger partial charge on any atom is -0.363 e. The first-order valence-corrected chi connectivity index (χ1v) is 4.36. The van der Waals surface area contributed by atoms with E-state index < -0.39 is 22.4 Å². The number of hydrogen-bond donors (Lipinski definition) is 3. The van der Waals surface area contributed by atoms with Crippen LogP contribution in [0.25, 0.3) is 0 Å². The molecule has 0 fully saturated rings. The molecule has 0 aromatic carbocycles. The smallest absolute Gasteiger partial charge is 0.353 e. The summed E-state index contributed by atoms with van der Waals surface area (Å²) in [6, 6.07) is -1.20. The van der Waals surface area contributed by atoms with Crippen molar-refractivity contribution in [2.24, 2.45) is 15.8 Å². The number of hydrogen-bond acceptors (Lipinski definition) is 5. The molecule has 1 aromatic heterocycles. The van der Waals surface area contributed by atoms with Gasteiger partial charge >= 0.3 is 16.5 Å². The van der Waals surface area contributed by atoms with Crippen molar-refractivity contribution in [2.45, 2.75) is 0 Å². The lowest BCUT2D eigenvalue weighted by Gasteiger charge is -1.80. The van der Waals surface area contributed by atoms with E-state index in [1.165, 1.54) is 6.20 Å². The van der Waals surface area contributed by atoms with E-state index in [4.69, 9.17) is 5.73 Å². The van der Waals surface area contributed by atoms with Crippen molar-refractivity contribution in [3.05, 3.63) is 18.2 Å². The molecule has 0 spiro atoms. The molecule has 10 heteroatoms. The first kappa shape index (κ1) is 12.8. The number of aromatic nitrogens is 2.